The van der Waals surface area contributed by atoms with Crippen molar-refractivity contribution >= 4 is 62.1 Å². The number of anilines is 2. The molecule has 0 unspecified atom stereocenters. The minimum Gasteiger partial charge on any atom is -0.326 e. The Morgan fingerprint density at radius 1 is 0.943 bits per heavy atom. The summed E-state index contributed by atoms with van der Waals surface area (Å²) < 4.78 is 27.9. The summed E-state index contributed by atoms with van der Waals surface area (Å²) in [4.78, 5) is 15.1. The quantitative estimate of drug-likeness (QED) is 0.361. The van der Waals surface area contributed by atoms with Gasteiger partial charge in [-0.15, -0.1) is 0 Å². The zero-order chi connectivity index (χ0) is 25.0. The maximum absolute atomic E-state index is 12.8. The Labute approximate surface area is 220 Å². The van der Waals surface area contributed by atoms with Crippen LogP contribution in [0.2, 0.25) is 15.1 Å². The highest BCUT2D eigenvalue weighted by Crippen LogP contribution is 2.31. The van der Waals surface area contributed by atoms with Crippen LogP contribution in [0.15, 0.2) is 71.6 Å². The first-order valence-corrected chi connectivity index (χ1v) is 13.7. The summed E-state index contributed by atoms with van der Waals surface area (Å²) in [5.41, 5.74) is 1.89. The second kappa shape index (κ2) is 11.2. The third-order valence-corrected chi connectivity index (χ3v) is 8.32. The number of nitrogens with one attached hydrogen (secondary N) is 2. The van der Waals surface area contributed by atoms with E-state index in [-0.39, 0.29) is 32.5 Å². The normalized spacial score (nSPS) is 15.1. The number of rotatable bonds is 7. The number of likely N-dealkylation sites (tertiary alicyclic amines) is 1. The summed E-state index contributed by atoms with van der Waals surface area (Å²) in [7, 11) is -3.87. The van der Waals surface area contributed by atoms with Gasteiger partial charge in [-0.3, -0.25) is 14.4 Å². The fourth-order valence-electron chi connectivity index (χ4n) is 3.99. The summed E-state index contributed by atoms with van der Waals surface area (Å²) in [6, 6.07) is 18.5. The van der Waals surface area contributed by atoms with Crippen molar-refractivity contribution < 1.29 is 13.2 Å². The monoisotopic (exact) mass is 551 g/mol. The predicted octanol–water partition coefficient (Wildman–Crippen LogP) is 6.30. The van der Waals surface area contributed by atoms with Gasteiger partial charge in [0.1, 0.15) is 0 Å². The Kier molecular flexibility index (Phi) is 8.24. The third kappa shape index (κ3) is 6.68. The molecule has 2 N–H and O–H groups in total. The molecule has 3 aromatic carbocycles. The SMILES string of the molecule is O=C(Nc1ccc(S(=O)(=O)Nc2cccc(Cl)c2Cl)cc1)C1CCN(Cc2cccc(Cl)c2)CC1. The molecule has 184 valence electrons. The number of hydrogen-bond donors (Lipinski definition) is 2. The maximum Gasteiger partial charge on any atom is 0.261 e. The van der Waals surface area contributed by atoms with Crippen molar-refractivity contribution in [2.75, 3.05) is 23.1 Å². The average molecular weight is 553 g/mol. The summed E-state index contributed by atoms with van der Waals surface area (Å²) in [5.74, 6) is -0.160. The van der Waals surface area contributed by atoms with Crippen LogP contribution in [0.1, 0.15) is 18.4 Å². The van der Waals surface area contributed by atoms with Crippen LogP contribution >= 0.6 is 34.8 Å². The lowest BCUT2D eigenvalue weighted by atomic mass is 9.95. The Morgan fingerprint density at radius 3 is 2.31 bits per heavy atom. The molecule has 0 spiro atoms. The Hall–Kier alpha value is -2.29. The number of piperidine rings is 1. The van der Waals surface area contributed by atoms with E-state index >= 15 is 0 Å². The number of amides is 1. The molecule has 0 saturated carbocycles. The molecule has 4 rings (SSSR count). The lowest BCUT2D eigenvalue weighted by Gasteiger charge is -2.31. The number of nitrogens with zero attached hydrogens (tertiary/aromatic N) is 1. The Balaban J connectivity index is 1.31. The second-order valence-electron chi connectivity index (χ2n) is 8.40. The van der Waals surface area contributed by atoms with E-state index in [2.05, 4.69) is 14.9 Å². The highest BCUT2D eigenvalue weighted by molar-refractivity contribution is 7.92. The van der Waals surface area contributed by atoms with Crippen LogP contribution in [0, 0.1) is 5.92 Å². The largest absolute Gasteiger partial charge is 0.326 e. The highest BCUT2D eigenvalue weighted by Gasteiger charge is 2.25. The molecular formula is C25H24Cl3N3O3S. The van der Waals surface area contributed by atoms with Gasteiger partial charge in [-0.05, 0) is 80.0 Å². The van der Waals surface area contributed by atoms with Crippen molar-refractivity contribution in [1.29, 1.82) is 0 Å². The van der Waals surface area contributed by atoms with Crippen molar-refractivity contribution in [3.05, 3.63) is 87.4 Å². The fourth-order valence-corrected chi connectivity index (χ4v) is 5.68. The standard InChI is InChI=1S/C25H24Cl3N3O3S/c26-19-4-1-3-17(15-19)16-31-13-11-18(12-14-31)25(32)29-20-7-9-21(10-8-20)35(33,34)30-23-6-2-5-22(27)24(23)28/h1-10,15,18,30H,11-14,16H2,(H,29,32). The lowest BCUT2D eigenvalue weighted by molar-refractivity contribution is -0.121. The van der Waals surface area contributed by atoms with Crippen molar-refractivity contribution in [1.82, 2.24) is 4.90 Å². The van der Waals surface area contributed by atoms with E-state index in [1.165, 1.54) is 18.2 Å². The van der Waals surface area contributed by atoms with Crippen molar-refractivity contribution in [3.63, 3.8) is 0 Å². The van der Waals surface area contributed by atoms with Gasteiger partial charge >= 0.3 is 0 Å². The molecule has 1 aliphatic heterocycles. The minimum absolute atomic E-state index is 0.0425. The third-order valence-electron chi connectivity index (χ3n) is 5.88. The lowest BCUT2D eigenvalue weighted by Crippen LogP contribution is -2.37. The molecule has 0 bridgehead atoms. The van der Waals surface area contributed by atoms with E-state index in [1.807, 2.05) is 24.3 Å². The van der Waals surface area contributed by atoms with Gasteiger partial charge in [0, 0.05) is 23.2 Å². The van der Waals surface area contributed by atoms with Crippen LogP contribution in [-0.4, -0.2) is 32.3 Å². The first kappa shape index (κ1) is 25.8. The summed E-state index contributed by atoms with van der Waals surface area (Å²) >= 11 is 18.1. The molecule has 6 nitrogen and oxygen atoms in total. The van der Waals surface area contributed by atoms with Gasteiger partial charge in [0.2, 0.25) is 5.91 Å². The molecule has 0 radical (unpaired) electrons. The molecular weight excluding hydrogens is 529 g/mol. The van der Waals surface area contributed by atoms with Crippen molar-refractivity contribution in [2.45, 2.75) is 24.3 Å². The number of hydrogen-bond acceptors (Lipinski definition) is 4. The summed E-state index contributed by atoms with van der Waals surface area (Å²) in [5, 5.41) is 4.00. The minimum atomic E-state index is -3.87. The molecule has 1 aliphatic rings. The van der Waals surface area contributed by atoms with Crippen LogP contribution in [0.3, 0.4) is 0 Å². The number of carbonyl (C=O) groups excluding carboxylic acids is 1. The zero-order valence-electron chi connectivity index (χ0n) is 18.7. The van der Waals surface area contributed by atoms with Crippen LogP contribution < -0.4 is 10.0 Å². The van der Waals surface area contributed by atoms with Gasteiger partial charge in [-0.1, -0.05) is 53.0 Å². The van der Waals surface area contributed by atoms with Crippen molar-refractivity contribution in [2.24, 2.45) is 5.92 Å². The van der Waals surface area contributed by atoms with E-state index in [1.54, 1.807) is 24.3 Å². The van der Waals surface area contributed by atoms with E-state index in [4.69, 9.17) is 34.8 Å². The Bertz CT molecular complexity index is 1310. The van der Waals surface area contributed by atoms with E-state index < -0.39 is 10.0 Å². The highest BCUT2D eigenvalue weighted by atomic mass is 35.5. The topological polar surface area (TPSA) is 78.5 Å². The van der Waals surface area contributed by atoms with Crippen molar-refractivity contribution in [3.8, 4) is 0 Å². The molecule has 3 aromatic rings. The average Bonchev–Trinajstić information content (AvgIpc) is 2.83. The van der Waals surface area contributed by atoms with Crippen LogP contribution in [0.5, 0.6) is 0 Å². The second-order valence-corrected chi connectivity index (χ2v) is 11.3. The molecule has 35 heavy (non-hydrogen) atoms. The van der Waals surface area contributed by atoms with Crippen LogP contribution in [0.25, 0.3) is 0 Å². The van der Waals surface area contributed by atoms with E-state index in [9.17, 15) is 13.2 Å². The molecule has 10 heteroatoms. The first-order chi connectivity index (χ1) is 16.7. The van der Waals surface area contributed by atoms with Crippen LogP contribution in [-0.2, 0) is 21.4 Å². The molecule has 0 atom stereocenters. The van der Waals surface area contributed by atoms with E-state index in [0.717, 1.165) is 43.1 Å². The molecule has 1 heterocycles. The number of carbonyl (C=O) groups is 1. The van der Waals surface area contributed by atoms with E-state index in [0.29, 0.717) is 5.69 Å². The predicted molar refractivity (Wildman–Crippen MR) is 142 cm³/mol. The van der Waals surface area contributed by atoms with Gasteiger partial charge in [0.15, 0.2) is 0 Å². The molecule has 1 fully saturated rings. The number of sulfonamides is 1. The zero-order valence-corrected chi connectivity index (χ0v) is 21.8. The summed E-state index contributed by atoms with van der Waals surface area (Å²) in [6.45, 7) is 2.44. The molecule has 1 amide bonds. The molecule has 0 aliphatic carbocycles. The van der Waals surface area contributed by atoms with Crippen LogP contribution in [0.4, 0.5) is 11.4 Å². The Morgan fingerprint density at radius 2 is 1.63 bits per heavy atom. The maximum atomic E-state index is 12.8. The number of benzene rings is 3. The first-order valence-electron chi connectivity index (χ1n) is 11.1. The smallest absolute Gasteiger partial charge is 0.261 e. The van der Waals surface area contributed by atoms with Gasteiger partial charge < -0.3 is 5.32 Å². The molecule has 0 aromatic heterocycles. The number of halogens is 3. The van der Waals surface area contributed by atoms with Gasteiger partial charge in [-0.2, -0.15) is 0 Å². The van der Waals surface area contributed by atoms with Gasteiger partial charge in [-0.25, -0.2) is 8.42 Å². The van der Waals surface area contributed by atoms with Gasteiger partial charge in [0.25, 0.3) is 10.0 Å². The fraction of sp³-hybridized carbons (Fsp3) is 0.240. The van der Waals surface area contributed by atoms with Gasteiger partial charge in [0.05, 0.1) is 20.6 Å². The summed E-state index contributed by atoms with van der Waals surface area (Å²) in [6.07, 6.45) is 1.51. The molecule has 1 saturated heterocycles.